The molecule has 0 saturated heterocycles. The number of aliphatic hydroxyl groups is 1. The minimum absolute atomic E-state index is 0.364. The van der Waals surface area contributed by atoms with E-state index in [0.29, 0.717) is 16.5 Å². The Bertz CT molecular complexity index is 510. The maximum Gasteiger partial charge on any atom is 0.0958 e. The van der Waals surface area contributed by atoms with Gasteiger partial charge in [0.2, 0.25) is 0 Å². The molecule has 0 saturated carbocycles. The van der Waals surface area contributed by atoms with E-state index in [2.05, 4.69) is 9.59 Å². The maximum atomic E-state index is 10.1. The van der Waals surface area contributed by atoms with Gasteiger partial charge in [0, 0.05) is 16.5 Å². The van der Waals surface area contributed by atoms with E-state index < -0.39 is 6.10 Å². The van der Waals surface area contributed by atoms with E-state index >= 15 is 0 Å². The Labute approximate surface area is 113 Å². The molecule has 1 N–H and O–H groups in total. The fourth-order valence-electron chi connectivity index (χ4n) is 1.56. The van der Waals surface area contributed by atoms with E-state index in [1.54, 1.807) is 18.2 Å². The standard InChI is InChI=1S/C11H10Cl2N2OS/c1-6-11(17-15-14-6)10(16)5-7-8(12)3-2-4-9(7)13/h2-4,10,16H,5H2,1H3. The normalized spacial score (nSPS) is 12.7. The molecule has 1 aromatic carbocycles. The molecule has 3 nitrogen and oxygen atoms in total. The van der Waals surface area contributed by atoms with E-state index in [9.17, 15) is 5.11 Å². The summed E-state index contributed by atoms with van der Waals surface area (Å²) < 4.78 is 3.79. The lowest BCUT2D eigenvalue weighted by molar-refractivity contribution is 0.181. The largest absolute Gasteiger partial charge is 0.387 e. The van der Waals surface area contributed by atoms with E-state index in [1.165, 1.54) is 11.5 Å². The highest BCUT2D eigenvalue weighted by atomic mass is 35.5. The van der Waals surface area contributed by atoms with Gasteiger partial charge in [0.25, 0.3) is 0 Å². The fraction of sp³-hybridized carbons (Fsp3) is 0.273. The van der Waals surface area contributed by atoms with Crippen LogP contribution in [-0.2, 0) is 6.42 Å². The van der Waals surface area contributed by atoms with Crippen molar-refractivity contribution in [1.29, 1.82) is 0 Å². The van der Waals surface area contributed by atoms with Crippen LogP contribution in [0.2, 0.25) is 10.0 Å². The quantitative estimate of drug-likeness (QED) is 0.941. The lowest BCUT2D eigenvalue weighted by Gasteiger charge is -2.11. The highest BCUT2D eigenvalue weighted by Crippen LogP contribution is 2.30. The van der Waals surface area contributed by atoms with Crippen LogP contribution in [0, 0.1) is 6.92 Å². The third-order valence-corrected chi connectivity index (χ3v) is 4.08. The molecule has 90 valence electrons. The minimum Gasteiger partial charge on any atom is -0.387 e. The smallest absolute Gasteiger partial charge is 0.0958 e. The first-order valence-corrected chi connectivity index (χ1v) is 6.52. The van der Waals surface area contributed by atoms with Crippen LogP contribution in [0.1, 0.15) is 22.2 Å². The van der Waals surface area contributed by atoms with E-state index in [4.69, 9.17) is 23.2 Å². The molecule has 0 aliphatic rings. The molecule has 2 aromatic rings. The van der Waals surface area contributed by atoms with E-state index in [-0.39, 0.29) is 0 Å². The minimum atomic E-state index is -0.674. The molecule has 1 atom stereocenters. The molecule has 0 aliphatic carbocycles. The fourth-order valence-corrected chi connectivity index (χ4v) is 2.74. The lowest BCUT2D eigenvalue weighted by atomic mass is 10.1. The Balaban J connectivity index is 2.25. The molecule has 0 aliphatic heterocycles. The van der Waals surface area contributed by atoms with Crippen molar-refractivity contribution in [2.75, 3.05) is 0 Å². The summed E-state index contributed by atoms with van der Waals surface area (Å²) in [6, 6.07) is 5.29. The number of hydrogen-bond acceptors (Lipinski definition) is 4. The van der Waals surface area contributed by atoms with E-state index in [1.807, 2.05) is 6.92 Å². The Morgan fingerprint density at radius 1 is 1.35 bits per heavy atom. The number of aryl methyl sites for hydroxylation is 1. The van der Waals surface area contributed by atoms with Gasteiger partial charge in [-0.05, 0) is 36.2 Å². The number of aliphatic hydroxyl groups excluding tert-OH is 1. The highest BCUT2D eigenvalue weighted by molar-refractivity contribution is 7.05. The highest BCUT2D eigenvalue weighted by Gasteiger charge is 2.17. The summed E-state index contributed by atoms with van der Waals surface area (Å²) in [4.78, 5) is 0.751. The summed E-state index contributed by atoms with van der Waals surface area (Å²) in [5, 5.41) is 15.1. The predicted molar refractivity (Wildman–Crippen MR) is 69.8 cm³/mol. The van der Waals surface area contributed by atoms with Gasteiger partial charge in [0.05, 0.1) is 16.7 Å². The van der Waals surface area contributed by atoms with Crippen LogP contribution in [0.3, 0.4) is 0 Å². The molecule has 1 heterocycles. The average molecular weight is 289 g/mol. The van der Waals surface area contributed by atoms with Crippen LogP contribution in [0.25, 0.3) is 0 Å². The Morgan fingerprint density at radius 2 is 2.00 bits per heavy atom. The van der Waals surface area contributed by atoms with Crippen LogP contribution in [0.5, 0.6) is 0 Å². The third-order valence-electron chi connectivity index (χ3n) is 2.45. The second-order valence-electron chi connectivity index (χ2n) is 3.64. The molecule has 1 unspecified atom stereocenters. The number of benzene rings is 1. The second-order valence-corrected chi connectivity index (χ2v) is 5.24. The van der Waals surface area contributed by atoms with Crippen molar-refractivity contribution in [3.63, 3.8) is 0 Å². The molecule has 0 amide bonds. The summed E-state index contributed by atoms with van der Waals surface area (Å²) in [5.74, 6) is 0. The van der Waals surface area contributed by atoms with Crippen molar-refractivity contribution in [3.05, 3.63) is 44.4 Å². The zero-order valence-electron chi connectivity index (χ0n) is 9.02. The molecule has 0 radical (unpaired) electrons. The van der Waals surface area contributed by atoms with Gasteiger partial charge < -0.3 is 5.11 Å². The molecule has 0 bridgehead atoms. The summed E-state index contributed by atoms with van der Waals surface area (Å²) in [6.45, 7) is 1.82. The van der Waals surface area contributed by atoms with Crippen LogP contribution in [0.4, 0.5) is 0 Å². The van der Waals surface area contributed by atoms with Crippen molar-refractivity contribution in [2.45, 2.75) is 19.4 Å². The Hall–Kier alpha value is -0.680. The summed E-state index contributed by atoms with van der Waals surface area (Å²) in [5.41, 5.74) is 1.49. The SMILES string of the molecule is Cc1nnsc1C(O)Cc1c(Cl)cccc1Cl. The first-order valence-electron chi connectivity index (χ1n) is 4.99. The van der Waals surface area contributed by atoms with Crippen molar-refractivity contribution in [3.8, 4) is 0 Å². The number of aromatic nitrogens is 2. The van der Waals surface area contributed by atoms with Crippen molar-refractivity contribution in [2.24, 2.45) is 0 Å². The lowest BCUT2D eigenvalue weighted by Crippen LogP contribution is -2.02. The molecule has 1 aromatic heterocycles. The van der Waals surface area contributed by atoms with Gasteiger partial charge in [-0.3, -0.25) is 0 Å². The van der Waals surface area contributed by atoms with Crippen LogP contribution < -0.4 is 0 Å². The number of hydrogen-bond donors (Lipinski definition) is 1. The summed E-state index contributed by atoms with van der Waals surface area (Å²) >= 11 is 13.3. The molecule has 2 rings (SSSR count). The molecular formula is C11H10Cl2N2OS. The summed E-state index contributed by atoms with van der Waals surface area (Å²) in [7, 11) is 0. The van der Waals surface area contributed by atoms with Gasteiger partial charge in [-0.15, -0.1) is 5.10 Å². The molecular weight excluding hydrogens is 279 g/mol. The van der Waals surface area contributed by atoms with E-state index in [0.717, 1.165) is 16.1 Å². The maximum absolute atomic E-state index is 10.1. The zero-order chi connectivity index (χ0) is 12.4. The van der Waals surface area contributed by atoms with Gasteiger partial charge in [-0.2, -0.15) is 0 Å². The molecule has 0 fully saturated rings. The molecule has 0 spiro atoms. The Kier molecular flexibility index (Phi) is 3.99. The van der Waals surface area contributed by atoms with Crippen molar-refractivity contribution >= 4 is 34.7 Å². The predicted octanol–water partition coefficient (Wildman–Crippen LogP) is 3.43. The van der Waals surface area contributed by atoms with Gasteiger partial charge in [-0.25, -0.2) is 0 Å². The first kappa shape index (κ1) is 12.8. The summed E-state index contributed by atoms with van der Waals surface area (Å²) in [6.07, 6.45) is -0.309. The van der Waals surface area contributed by atoms with Gasteiger partial charge in [0.1, 0.15) is 0 Å². The van der Waals surface area contributed by atoms with Crippen molar-refractivity contribution < 1.29 is 5.11 Å². The first-order chi connectivity index (χ1) is 8.09. The van der Waals surface area contributed by atoms with Gasteiger partial charge in [-0.1, -0.05) is 33.8 Å². The zero-order valence-corrected chi connectivity index (χ0v) is 11.4. The molecule has 6 heteroatoms. The Morgan fingerprint density at radius 3 is 2.53 bits per heavy atom. The van der Waals surface area contributed by atoms with Crippen molar-refractivity contribution in [1.82, 2.24) is 9.59 Å². The van der Waals surface area contributed by atoms with Crippen LogP contribution >= 0.6 is 34.7 Å². The van der Waals surface area contributed by atoms with Crippen LogP contribution in [0.15, 0.2) is 18.2 Å². The number of nitrogens with zero attached hydrogens (tertiary/aromatic N) is 2. The van der Waals surface area contributed by atoms with Gasteiger partial charge >= 0.3 is 0 Å². The topological polar surface area (TPSA) is 46.0 Å². The number of rotatable bonds is 3. The average Bonchev–Trinajstić information content (AvgIpc) is 2.70. The molecule has 17 heavy (non-hydrogen) atoms. The van der Waals surface area contributed by atoms with Gasteiger partial charge in [0.15, 0.2) is 0 Å². The third kappa shape index (κ3) is 2.77. The second kappa shape index (κ2) is 5.31. The number of halogens is 2. The van der Waals surface area contributed by atoms with Crippen LogP contribution in [-0.4, -0.2) is 14.7 Å². The monoisotopic (exact) mass is 288 g/mol.